The van der Waals surface area contributed by atoms with Crippen molar-refractivity contribution in [1.82, 2.24) is 14.5 Å². The summed E-state index contributed by atoms with van der Waals surface area (Å²) in [6, 6.07) is 5.10. The minimum atomic E-state index is -2.84. The van der Waals surface area contributed by atoms with Crippen LogP contribution < -0.4 is 4.74 Å². The van der Waals surface area contributed by atoms with Crippen molar-refractivity contribution in [2.45, 2.75) is 33.9 Å². The van der Waals surface area contributed by atoms with Crippen LogP contribution in [0.3, 0.4) is 0 Å². The average molecular weight is 317 g/mol. The molecule has 0 radical (unpaired) electrons. The van der Waals surface area contributed by atoms with Gasteiger partial charge in [0.2, 0.25) is 0 Å². The van der Waals surface area contributed by atoms with E-state index in [0.29, 0.717) is 0 Å². The molecule has 6 heteroatoms. The lowest BCUT2D eigenvalue weighted by Crippen LogP contribution is -2.03. The molecule has 0 aliphatic carbocycles. The maximum Gasteiger partial charge on any atom is 0.387 e. The lowest BCUT2D eigenvalue weighted by molar-refractivity contribution is -0.0497. The number of ether oxygens (including phenoxy) is 1. The third-order valence-corrected chi connectivity index (χ3v) is 3.79. The number of hydrogen-bond donors (Lipinski definition) is 0. The Labute approximate surface area is 132 Å². The van der Waals surface area contributed by atoms with Crippen LogP contribution >= 0.6 is 0 Å². The van der Waals surface area contributed by atoms with Crippen molar-refractivity contribution in [2.75, 3.05) is 0 Å². The smallest absolute Gasteiger partial charge is 0.387 e. The van der Waals surface area contributed by atoms with Crippen LogP contribution in [0.2, 0.25) is 0 Å². The molecule has 0 atom stereocenters. The van der Waals surface area contributed by atoms with Crippen LogP contribution in [0.4, 0.5) is 8.78 Å². The van der Waals surface area contributed by atoms with Crippen LogP contribution in [0.5, 0.6) is 5.75 Å². The van der Waals surface area contributed by atoms with Crippen LogP contribution in [0.1, 0.15) is 18.1 Å². The topological polar surface area (TPSA) is 39.9 Å². The van der Waals surface area contributed by atoms with Crippen molar-refractivity contribution < 1.29 is 13.5 Å². The van der Waals surface area contributed by atoms with Crippen molar-refractivity contribution in [3.63, 3.8) is 0 Å². The second-order valence-electron chi connectivity index (χ2n) is 5.38. The van der Waals surface area contributed by atoms with Crippen LogP contribution in [0.15, 0.2) is 30.6 Å². The molecule has 0 aliphatic heterocycles. The van der Waals surface area contributed by atoms with E-state index in [9.17, 15) is 8.78 Å². The standard InChI is InChI=1S/C17H17F2N3O/c1-4-22-6-5-20-16(22)14-8-10(2)13-9-12(23-17(18)19)7-11(3)15(13)21-14/h5-9,17H,4H2,1-3H3. The number of pyridine rings is 1. The summed E-state index contributed by atoms with van der Waals surface area (Å²) in [7, 11) is 0. The number of rotatable bonds is 4. The van der Waals surface area contributed by atoms with E-state index in [-0.39, 0.29) is 5.75 Å². The van der Waals surface area contributed by atoms with E-state index in [2.05, 4.69) is 14.7 Å². The number of aromatic nitrogens is 3. The maximum absolute atomic E-state index is 12.4. The molecule has 0 fully saturated rings. The highest BCUT2D eigenvalue weighted by atomic mass is 19.3. The fourth-order valence-electron chi connectivity index (χ4n) is 2.71. The highest BCUT2D eigenvalue weighted by molar-refractivity contribution is 5.88. The Morgan fingerprint density at radius 3 is 2.65 bits per heavy atom. The number of nitrogens with zero attached hydrogens (tertiary/aromatic N) is 3. The van der Waals surface area contributed by atoms with E-state index < -0.39 is 6.61 Å². The van der Waals surface area contributed by atoms with E-state index in [1.807, 2.05) is 37.6 Å². The lowest BCUT2D eigenvalue weighted by Gasteiger charge is -2.12. The Bertz CT molecular complexity index is 858. The zero-order valence-corrected chi connectivity index (χ0v) is 13.2. The zero-order chi connectivity index (χ0) is 16.6. The van der Waals surface area contributed by atoms with Crippen LogP contribution in [-0.4, -0.2) is 21.1 Å². The normalized spacial score (nSPS) is 11.4. The second-order valence-corrected chi connectivity index (χ2v) is 5.38. The summed E-state index contributed by atoms with van der Waals surface area (Å²) in [5.41, 5.74) is 3.27. The van der Waals surface area contributed by atoms with E-state index >= 15 is 0 Å². The van der Waals surface area contributed by atoms with Crippen LogP contribution in [-0.2, 0) is 6.54 Å². The van der Waals surface area contributed by atoms with Crippen molar-refractivity contribution in [1.29, 1.82) is 0 Å². The molecular weight excluding hydrogens is 300 g/mol. The maximum atomic E-state index is 12.4. The van der Waals surface area contributed by atoms with E-state index in [1.54, 1.807) is 18.3 Å². The molecule has 23 heavy (non-hydrogen) atoms. The molecule has 4 nitrogen and oxygen atoms in total. The summed E-state index contributed by atoms with van der Waals surface area (Å²) in [5, 5.41) is 0.805. The Morgan fingerprint density at radius 2 is 1.96 bits per heavy atom. The van der Waals surface area contributed by atoms with Gasteiger partial charge in [0.1, 0.15) is 11.4 Å². The van der Waals surface area contributed by atoms with Gasteiger partial charge in [-0.1, -0.05) is 0 Å². The minimum absolute atomic E-state index is 0.151. The first-order valence-electron chi connectivity index (χ1n) is 7.38. The fraction of sp³-hybridized carbons (Fsp3) is 0.294. The number of hydrogen-bond acceptors (Lipinski definition) is 3. The molecule has 0 spiro atoms. The van der Waals surface area contributed by atoms with E-state index in [0.717, 1.165) is 40.1 Å². The number of imidazole rings is 1. The zero-order valence-electron chi connectivity index (χ0n) is 13.2. The van der Waals surface area contributed by atoms with Gasteiger partial charge < -0.3 is 9.30 Å². The van der Waals surface area contributed by atoms with Crippen molar-refractivity contribution >= 4 is 10.9 Å². The summed E-state index contributed by atoms with van der Waals surface area (Å²) in [4.78, 5) is 9.05. The molecule has 3 rings (SSSR count). The third-order valence-electron chi connectivity index (χ3n) is 3.79. The third kappa shape index (κ3) is 2.88. The highest BCUT2D eigenvalue weighted by Gasteiger charge is 2.13. The molecule has 0 aliphatic rings. The molecule has 0 N–H and O–H groups in total. The van der Waals surface area contributed by atoms with Crippen LogP contribution in [0, 0.1) is 13.8 Å². The lowest BCUT2D eigenvalue weighted by atomic mass is 10.0. The molecule has 2 aromatic heterocycles. The molecule has 0 unspecified atom stereocenters. The summed E-state index contributed by atoms with van der Waals surface area (Å²) in [6.45, 7) is 3.77. The van der Waals surface area contributed by atoms with Gasteiger partial charge in [0.25, 0.3) is 0 Å². The predicted molar refractivity (Wildman–Crippen MR) is 84.7 cm³/mol. The molecule has 120 valence electrons. The summed E-state index contributed by atoms with van der Waals surface area (Å²) in [5.74, 6) is 0.947. The minimum Gasteiger partial charge on any atom is -0.435 e. The van der Waals surface area contributed by atoms with Gasteiger partial charge in [-0.15, -0.1) is 0 Å². The quantitative estimate of drug-likeness (QED) is 0.719. The molecule has 0 amide bonds. The largest absolute Gasteiger partial charge is 0.435 e. The van der Waals surface area contributed by atoms with Crippen molar-refractivity contribution in [3.8, 4) is 17.3 Å². The Balaban J connectivity index is 2.17. The first kappa shape index (κ1) is 15.4. The first-order valence-corrected chi connectivity index (χ1v) is 7.38. The second kappa shape index (κ2) is 5.95. The van der Waals surface area contributed by atoms with E-state index in [4.69, 9.17) is 0 Å². The number of fused-ring (bicyclic) bond motifs is 1. The summed E-state index contributed by atoms with van der Waals surface area (Å²) in [6.07, 6.45) is 3.65. The summed E-state index contributed by atoms with van der Waals surface area (Å²) >= 11 is 0. The SMILES string of the molecule is CCn1ccnc1-c1cc(C)c2cc(OC(F)F)cc(C)c2n1. The van der Waals surface area contributed by atoms with Gasteiger partial charge in [0.15, 0.2) is 5.82 Å². The Hall–Kier alpha value is -2.50. The van der Waals surface area contributed by atoms with Gasteiger partial charge >= 0.3 is 6.61 Å². The average Bonchev–Trinajstić information content (AvgIpc) is 2.96. The van der Waals surface area contributed by atoms with E-state index in [1.165, 1.54) is 0 Å². The fourth-order valence-corrected chi connectivity index (χ4v) is 2.71. The molecular formula is C17H17F2N3O. The van der Waals surface area contributed by atoms with Gasteiger partial charge in [0, 0.05) is 24.3 Å². The Kier molecular flexibility index (Phi) is 3.98. The monoisotopic (exact) mass is 317 g/mol. The number of halogens is 2. The number of aryl methyl sites for hydroxylation is 3. The van der Waals surface area contributed by atoms with Gasteiger partial charge in [-0.05, 0) is 50.1 Å². The number of alkyl halides is 2. The molecule has 0 bridgehead atoms. The van der Waals surface area contributed by atoms with Gasteiger partial charge in [0.05, 0.1) is 5.52 Å². The molecule has 1 aromatic carbocycles. The predicted octanol–water partition coefficient (Wildman–Crippen LogP) is 4.34. The highest BCUT2D eigenvalue weighted by Crippen LogP contribution is 2.30. The first-order chi connectivity index (χ1) is 11.0. The van der Waals surface area contributed by atoms with Gasteiger partial charge in [-0.3, -0.25) is 0 Å². The molecule has 0 saturated carbocycles. The Morgan fingerprint density at radius 1 is 1.17 bits per heavy atom. The van der Waals surface area contributed by atoms with Crippen molar-refractivity contribution in [2.24, 2.45) is 0 Å². The molecule has 0 saturated heterocycles. The van der Waals surface area contributed by atoms with Crippen LogP contribution in [0.25, 0.3) is 22.4 Å². The number of benzene rings is 1. The van der Waals surface area contributed by atoms with Crippen molar-refractivity contribution in [3.05, 3.63) is 41.7 Å². The summed E-state index contributed by atoms with van der Waals surface area (Å²) < 4.78 is 31.4. The van der Waals surface area contributed by atoms with Gasteiger partial charge in [-0.2, -0.15) is 8.78 Å². The van der Waals surface area contributed by atoms with Gasteiger partial charge in [-0.25, -0.2) is 9.97 Å². The molecule has 3 aromatic rings. The molecule has 2 heterocycles.